The zero-order chi connectivity index (χ0) is 39.3. The molecule has 0 saturated carbocycles. The number of aromatic hydroxyl groups is 1. The van der Waals surface area contributed by atoms with Gasteiger partial charge < -0.3 is 33.4 Å². The number of carbonyl (C=O) groups is 2. The first-order valence-corrected chi connectivity index (χ1v) is 20.5. The number of hydrogen-bond acceptors (Lipinski definition) is 7. The predicted octanol–water partition coefficient (Wildman–Crippen LogP) is 8.20. The van der Waals surface area contributed by atoms with Gasteiger partial charge in [-0.1, -0.05) is 30.3 Å². The van der Waals surface area contributed by atoms with E-state index < -0.39 is 0 Å². The number of amides is 2. The molecular weight excluding hydrogens is 766 g/mol. The van der Waals surface area contributed by atoms with Gasteiger partial charge in [0.2, 0.25) is 6.79 Å². The number of carbonyl (C=O) groups excluding carboxylic acids is 2. The van der Waals surface area contributed by atoms with Crippen LogP contribution in [0.2, 0.25) is 0 Å². The molecular formula is C47H48ClN5O6. The molecule has 304 valence electrons. The summed E-state index contributed by atoms with van der Waals surface area (Å²) in [6, 6.07) is 29.1. The number of aromatic nitrogens is 2. The summed E-state index contributed by atoms with van der Waals surface area (Å²) in [6.07, 6.45) is 5.45. The monoisotopic (exact) mass is 813 g/mol. The lowest BCUT2D eigenvalue weighted by Gasteiger charge is -2.40. The molecule has 0 bridgehead atoms. The number of aryl methyl sites for hydroxylation is 1. The molecule has 1 N–H and O–H groups in total. The van der Waals surface area contributed by atoms with Crippen molar-refractivity contribution in [3.05, 3.63) is 125 Å². The Hall–Kier alpha value is -5.75. The summed E-state index contributed by atoms with van der Waals surface area (Å²) in [6.45, 7) is 8.00. The molecule has 12 heteroatoms. The van der Waals surface area contributed by atoms with Crippen molar-refractivity contribution in [1.29, 1.82) is 0 Å². The Morgan fingerprint density at radius 1 is 0.831 bits per heavy atom. The summed E-state index contributed by atoms with van der Waals surface area (Å²) < 4.78 is 21.9. The minimum atomic E-state index is -0.177. The molecule has 4 aromatic carbocycles. The summed E-state index contributed by atoms with van der Waals surface area (Å²) in [5, 5.41) is 11.3. The van der Waals surface area contributed by atoms with Gasteiger partial charge in [0.25, 0.3) is 11.8 Å². The van der Waals surface area contributed by atoms with Gasteiger partial charge in [0.05, 0.1) is 35.5 Å². The Labute approximate surface area is 349 Å². The molecule has 10 rings (SSSR count). The third-order valence-corrected chi connectivity index (χ3v) is 12.4. The zero-order valence-electron chi connectivity index (χ0n) is 33.1. The highest BCUT2D eigenvalue weighted by Gasteiger charge is 2.36. The molecule has 11 nitrogen and oxygen atoms in total. The van der Waals surface area contributed by atoms with E-state index in [1.54, 1.807) is 29.2 Å². The predicted molar refractivity (Wildman–Crippen MR) is 229 cm³/mol. The van der Waals surface area contributed by atoms with Gasteiger partial charge in [0, 0.05) is 74.1 Å². The molecule has 0 aliphatic carbocycles. The Balaban J connectivity index is 0.00000449. The van der Waals surface area contributed by atoms with E-state index in [1.807, 2.05) is 41.3 Å². The van der Waals surface area contributed by atoms with Crippen LogP contribution in [0.25, 0.3) is 22.2 Å². The molecule has 0 radical (unpaired) electrons. The quantitative estimate of drug-likeness (QED) is 0.165. The third kappa shape index (κ3) is 7.11. The van der Waals surface area contributed by atoms with E-state index in [4.69, 9.17) is 14.2 Å². The van der Waals surface area contributed by atoms with E-state index in [1.165, 1.54) is 5.56 Å². The van der Waals surface area contributed by atoms with Crippen LogP contribution in [0.15, 0.2) is 97.2 Å². The van der Waals surface area contributed by atoms with Gasteiger partial charge in [-0.15, -0.1) is 12.4 Å². The topological polar surface area (TPSA) is 102 Å². The molecule has 1 fully saturated rings. The second-order valence-electron chi connectivity index (χ2n) is 15.7. The number of hydrogen-bond donors (Lipinski definition) is 1. The molecule has 4 aliphatic rings. The average molecular weight is 814 g/mol. The number of nitrogens with zero attached hydrogens (tertiary/aromatic N) is 5. The van der Waals surface area contributed by atoms with Crippen LogP contribution in [-0.4, -0.2) is 81.5 Å². The maximum absolute atomic E-state index is 15.3. The van der Waals surface area contributed by atoms with Crippen LogP contribution >= 0.6 is 12.4 Å². The highest BCUT2D eigenvalue weighted by Crippen LogP contribution is 2.43. The number of rotatable bonds is 8. The molecule has 1 atom stereocenters. The number of morpholine rings is 1. The molecule has 0 unspecified atom stereocenters. The molecule has 4 aliphatic heterocycles. The highest BCUT2D eigenvalue weighted by atomic mass is 35.5. The minimum Gasteiger partial charge on any atom is -0.508 e. The molecule has 1 saturated heterocycles. The lowest BCUT2D eigenvalue weighted by molar-refractivity contribution is 0.0193. The average Bonchev–Trinajstić information content (AvgIpc) is 4.01. The molecule has 6 aromatic rings. The van der Waals surface area contributed by atoms with Crippen molar-refractivity contribution >= 4 is 46.5 Å². The van der Waals surface area contributed by atoms with Crippen LogP contribution in [0.3, 0.4) is 0 Å². The largest absolute Gasteiger partial charge is 0.508 e. The van der Waals surface area contributed by atoms with Crippen LogP contribution in [0.5, 0.6) is 17.2 Å². The molecule has 2 amide bonds. The number of fused-ring (bicyclic) bond motifs is 4. The van der Waals surface area contributed by atoms with E-state index in [0.29, 0.717) is 54.6 Å². The highest BCUT2D eigenvalue weighted by molar-refractivity contribution is 6.13. The van der Waals surface area contributed by atoms with Gasteiger partial charge in [-0.2, -0.15) is 0 Å². The van der Waals surface area contributed by atoms with Crippen LogP contribution in [0.1, 0.15) is 57.3 Å². The van der Waals surface area contributed by atoms with Crippen molar-refractivity contribution in [2.75, 3.05) is 44.5 Å². The maximum Gasteiger partial charge on any atom is 0.264 e. The van der Waals surface area contributed by atoms with E-state index in [-0.39, 0.29) is 42.8 Å². The number of phenolic OH excluding ortho intramolecular Hbond substituents is 1. The molecule has 0 spiro atoms. The Morgan fingerprint density at radius 2 is 1.59 bits per heavy atom. The molecule has 2 aromatic heterocycles. The van der Waals surface area contributed by atoms with E-state index in [0.717, 1.165) is 91.0 Å². The second-order valence-corrected chi connectivity index (χ2v) is 15.7. The first kappa shape index (κ1) is 38.8. The SMILES string of the molecule is CCn1ccc2ccc(N(C(=O)c3cc(-c4cc5c(cc4C(=O)N4Cc6ccccc6C[C@H]4CN4CCOCC4)OCO5)n4c3CCCC4)c3ccc(O)cc3)cc21.Cl. The summed E-state index contributed by atoms with van der Waals surface area (Å²) >= 11 is 0. The number of anilines is 2. The van der Waals surface area contributed by atoms with Gasteiger partial charge >= 0.3 is 0 Å². The van der Waals surface area contributed by atoms with Gasteiger partial charge in [0.1, 0.15) is 5.75 Å². The summed E-state index contributed by atoms with van der Waals surface area (Å²) in [4.78, 5) is 36.8. The van der Waals surface area contributed by atoms with Crippen molar-refractivity contribution in [2.45, 2.75) is 58.3 Å². The van der Waals surface area contributed by atoms with E-state index in [9.17, 15) is 5.11 Å². The van der Waals surface area contributed by atoms with Gasteiger partial charge in [0.15, 0.2) is 11.5 Å². The zero-order valence-corrected chi connectivity index (χ0v) is 34.0. The fourth-order valence-corrected chi connectivity index (χ4v) is 9.33. The number of benzene rings is 4. The van der Waals surface area contributed by atoms with Crippen molar-refractivity contribution in [3.8, 4) is 28.5 Å². The minimum absolute atomic E-state index is 0. The van der Waals surface area contributed by atoms with Gasteiger partial charge in [-0.05, 0) is 110 Å². The van der Waals surface area contributed by atoms with Crippen LogP contribution in [-0.2, 0) is 37.2 Å². The fraction of sp³-hybridized carbons (Fsp3) is 0.319. The first-order valence-electron chi connectivity index (χ1n) is 20.5. The second kappa shape index (κ2) is 16.1. The van der Waals surface area contributed by atoms with Crippen molar-refractivity contribution in [2.24, 2.45) is 0 Å². The van der Waals surface area contributed by atoms with Crippen LogP contribution in [0, 0.1) is 0 Å². The Morgan fingerprint density at radius 3 is 2.39 bits per heavy atom. The standard InChI is InChI=1S/C47H47N5O6.ClH/c1-2-49-18-16-31-10-11-35(24-42(31)49)52(34-12-14-37(53)15-13-34)47(55)40-25-43(50-17-6-5-9-41(40)50)38-26-44-45(58-30-57-44)27-39(38)46(54)51-28-33-8-4-3-7-32(33)23-36(51)29-48-19-21-56-22-20-48;/h3-4,7-8,10-16,18,24-27,36,53H,2,5-6,9,17,19-23,28-30H2,1H3;1H/t36-;/m0./s1. The van der Waals surface area contributed by atoms with E-state index >= 15 is 9.59 Å². The molecule has 59 heavy (non-hydrogen) atoms. The lowest BCUT2D eigenvalue weighted by Crippen LogP contribution is -2.52. The number of ether oxygens (including phenoxy) is 3. The fourth-order valence-electron chi connectivity index (χ4n) is 9.33. The third-order valence-electron chi connectivity index (χ3n) is 12.4. The van der Waals surface area contributed by atoms with Gasteiger partial charge in [-0.25, -0.2) is 0 Å². The van der Waals surface area contributed by atoms with Gasteiger partial charge in [-0.3, -0.25) is 19.4 Å². The first-order chi connectivity index (χ1) is 28.4. The van der Waals surface area contributed by atoms with E-state index in [2.05, 4.69) is 57.5 Å². The van der Waals surface area contributed by atoms with Crippen molar-refractivity contribution < 1.29 is 28.9 Å². The summed E-state index contributed by atoms with van der Waals surface area (Å²) in [5.41, 5.74) is 8.43. The lowest BCUT2D eigenvalue weighted by atomic mass is 9.92. The van der Waals surface area contributed by atoms with Crippen molar-refractivity contribution in [3.63, 3.8) is 0 Å². The summed E-state index contributed by atoms with van der Waals surface area (Å²) in [5.74, 6) is 1.00. The van der Waals surface area contributed by atoms with Crippen molar-refractivity contribution in [1.82, 2.24) is 18.9 Å². The maximum atomic E-state index is 15.3. The summed E-state index contributed by atoms with van der Waals surface area (Å²) in [7, 11) is 0. The smallest absolute Gasteiger partial charge is 0.264 e. The Kier molecular flexibility index (Phi) is 10.6. The molecule has 6 heterocycles. The van der Waals surface area contributed by atoms with Crippen LogP contribution < -0.4 is 14.4 Å². The Bertz CT molecular complexity index is 2540. The number of halogens is 1. The number of phenols is 1. The van der Waals surface area contributed by atoms with Crippen LogP contribution in [0.4, 0.5) is 11.4 Å². The normalized spacial score (nSPS) is 17.3.